The number of hydrogen-bond acceptors (Lipinski definition) is 5. The van der Waals surface area contributed by atoms with Crippen LogP contribution in [0.25, 0.3) is 0 Å². The zero-order chi connectivity index (χ0) is 14.6. The lowest BCUT2D eigenvalue weighted by Gasteiger charge is -2.42. The van der Waals surface area contributed by atoms with Gasteiger partial charge in [0.1, 0.15) is 5.54 Å². The number of rotatable bonds is 4. The van der Waals surface area contributed by atoms with E-state index in [1.165, 1.54) is 0 Å². The first-order chi connectivity index (χ1) is 8.75. The number of piperazine rings is 1. The van der Waals surface area contributed by atoms with E-state index in [0.717, 1.165) is 13.1 Å². The van der Waals surface area contributed by atoms with Crippen molar-refractivity contribution in [3.8, 4) is 0 Å². The zero-order valence-electron chi connectivity index (χ0n) is 11.9. The first kappa shape index (κ1) is 15.4. The highest BCUT2D eigenvalue weighted by Crippen LogP contribution is 2.18. The minimum atomic E-state index is -0.835. The quantitative estimate of drug-likeness (QED) is 0.627. The largest absolute Gasteiger partial charge is 0.480 e. The minimum Gasteiger partial charge on any atom is -0.480 e. The summed E-state index contributed by atoms with van der Waals surface area (Å²) < 4.78 is 0. The molecule has 1 saturated heterocycles. The molecule has 0 spiro atoms. The highest BCUT2D eigenvalue weighted by molar-refractivity contribution is 5.77. The smallest absolute Gasteiger partial charge is 0.323 e. The van der Waals surface area contributed by atoms with Crippen LogP contribution in [0.5, 0.6) is 0 Å². The Hall–Kier alpha value is -1.69. The van der Waals surface area contributed by atoms with Gasteiger partial charge in [0.05, 0.1) is 5.82 Å². The van der Waals surface area contributed by atoms with Crippen molar-refractivity contribution >= 4 is 5.97 Å². The highest BCUT2D eigenvalue weighted by Gasteiger charge is 2.36. The van der Waals surface area contributed by atoms with E-state index in [4.69, 9.17) is 11.5 Å². The summed E-state index contributed by atoms with van der Waals surface area (Å²) in [5, 5.41) is 9.20. The SMILES string of the molecule is C/C(N)=C/C=C(\N)N1CCN(C(C)(C)C(=O)O)CC1. The molecule has 0 amide bonds. The molecule has 0 radical (unpaired) electrons. The third-order valence-corrected chi connectivity index (χ3v) is 3.48. The minimum absolute atomic E-state index is 0.664. The molecule has 0 aliphatic carbocycles. The second-order valence-corrected chi connectivity index (χ2v) is 5.34. The summed E-state index contributed by atoms with van der Waals surface area (Å²) in [6.07, 6.45) is 3.55. The third-order valence-electron chi connectivity index (χ3n) is 3.48. The maximum atomic E-state index is 11.2. The molecule has 1 fully saturated rings. The molecule has 1 aliphatic heterocycles. The van der Waals surface area contributed by atoms with E-state index in [9.17, 15) is 9.90 Å². The van der Waals surface area contributed by atoms with Crippen LogP contribution in [0, 0.1) is 0 Å². The number of allylic oxidation sites excluding steroid dienone is 3. The summed E-state index contributed by atoms with van der Waals surface area (Å²) in [7, 11) is 0. The van der Waals surface area contributed by atoms with Crippen LogP contribution in [0.15, 0.2) is 23.7 Å². The highest BCUT2D eigenvalue weighted by atomic mass is 16.4. The molecule has 0 unspecified atom stereocenters. The van der Waals surface area contributed by atoms with Gasteiger partial charge in [-0.2, -0.15) is 0 Å². The lowest BCUT2D eigenvalue weighted by atomic mass is 10.0. The molecule has 1 heterocycles. The maximum absolute atomic E-state index is 11.2. The number of hydrogen-bond donors (Lipinski definition) is 3. The van der Waals surface area contributed by atoms with Crippen molar-refractivity contribution in [1.29, 1.82) is 0 Å². The molecule has 5 N–H and O–H groups in total. The summed E-state index contributed by atoms with van der Waals surface area (Å²) in [5.74, 6) is -0.135. The summed E-state index contributed by atoms with van der Waals surface area (Å²) in [4.78, 5) is 15.2. The Morgan fingerprint density at radius 1 is 1.16 bits per heavy atom. The van der Waals surface area contributed by atoms with Gasteiger partial charge >= 0.3 is 5.97 Å². The van der Waals surface area contributed by atoms with Crippen molar-refractivity contribution in [3.63, 3.8) is 0 Å². The Morgan fingerprint density at radius 3 is 2.11 bits per heavy atom. The van der Waals surface area contributed by atoms with Gasteiger partial charge in [0.25, 0.3) is 0 Å². The van der Waals surface area contributed by atoms with Crippen molar-refractivity contribution in [3.05, 3.63) is 23.7 Å². The van der Waals surface area contributed by atoms with Crippen LogP contribution in [0.4, 0.5) is 0 Å². The van der Waals surface area contributed by atoms with E-state index in [2.05, 4.69) is 0 Å². The van der Waals surface area contributed by atoms with E-state index >= 15 is 0 Å². The Kier molecular flexibility index (Phi) is 4.83. The molecule has 6 heteroatoms. The van der Waals surface area contributed by atoms with Crippen LogP contribution < -0.4 is 11.5 Å². The fraction of sp³-hybridized carbons (Fsp3) is 0.615. The Morgan fingerprint density at radius 2 is 1.68 bits per heavy atom. The van der Waals surface area contributed by atoms with Gasteiger partial charge < -0.3 is 21.5 Å². The number of carboxylic acids is 1. The number of carboxylic acid groups (broad SMARTS) is 1. The lowest BCUT2D eigenvalue weighted by molar-refractivity contribution is -0.150. The first-order valence-electron chi connectivity index (χ1n) is 6.38. The second kappa shape index (κ2) is 5.97. The summed E-state index contributed by atoms with van der Waals surface area (Å²) in [5.41, 5.74) is 11.4. The van der Waals surface area contributed by atoms with Gasteiger partial charge in [-0.3, -0.25) is 9.69 Å². The van der Waals surface area contributed by atoms with Crippen molar-refractivity contribution in [2.24, 2.45) is 11.5 Å². The summed E-state index contributed by atoms with van der Waals surface area (Å²) in [6, 6.07) is 0. The van der Waals surface area contributed by atoms with Crippen LogP contribution in [-0.2, 0) is 4.79 Å². The molecule has 0 aromatic rings. The Labute approximate surface area is 114 Å². The molecule has 19 heavy (non-hydrogen) atoms. The van der Waals surface area contributed by atoms with Crippen LogP contribution in [0.3, 0.4) is 0 Å². The second-order valence-electron chi connectivity index (χ2n) is 5.34. The molecule has 1 aliphatic rings. The zero-order valence-corrected chi connectivity index (χ0v) is 11.9. The maximum Gasteiger partial charge on any atom is 0.323 e. The molecule has 0 aromatic heterocycles. The lowest BCUT2D eigenvalue weighted by Crippen LogP contribution is -2.58. The fourth-order valence-electron chi connectivity index (χ4n) is 1.98. The van der Waals surface area contributed by atoms with Gasteiger partial charge in [-0.25, -0.2) is 0 Å². The van der Waals surface area contributed by atoms with Gasteiger partial charge in [-0.15, -0.1) is 0 Å². The van der Waals surface area contributed by atoms with Crippen molar-refractivity contribution in [1.82, 2.24) is 9.80 Å². The number of carbonyl (C=O) groups is 1. The van der Waals surface area contributed by atoms with Crippen LogP contribution in [0.1, 0.15) is 20.8 Å². The molecular formula is C13H24N4O2. The first-order valence-corrected chi connectivity index (χ1v) is 6.38. The third kappa shape index (κ3) is 3.89. The van der Waals surface area contributed by atoms with E-state index in [1.54, 1.807) is 32.9 Å². The molecule has 0 aromatic carbocycles. The van der Waals surface area contributed by atoms with E-state index in [0.29, 0.717) is 24.6 Å². The molecule has 0 atom stereocenters. The monoisotopic (exact) mass is 268 g/mol. The molecule has 108 valence electrons. The average molecular weight is 268 g/mol. The van der Waals surface area contributed by atoms with Crippen LogP contribution in [-0.4, -0.2) is 52.6 Å². The van der Waals surface area contributed by atoms with Crippen molar-refractivity contribution < 1.29 is 9.90 Å². The Balaban J connectivity index is 2.61. The predicted octanol–water partition coefficient (Wildman–Crippen LogP) is 0.130. The summed E-state index contributed by atoms with van der Waals surface area (Å²) >= 11 is 0. The van der Waals surface area contributed by atoms with Gasteiger partial charge in [0.15, 0.2) is 0 Å². The normalized spacial score (nSPS) is 19.6. The molecule has 1 rings (SSSR count). The van der Waals surface area contributed by atoms with Crippen LogP contribution in [0.2, 0.25) is 0 Å². The molecular weight excluding hydrogens is 244 g/mol. The fourth-order valence-corrected chi connectivity index (χ4v) is 1.98. The predicted molar refractivity (Wildman–Crippen MR) is 75.1 cm³/mol. The van der Waals surface area contributed by atoms with Crippen molar-refractivity contribution in [2.75, 3.05) is 26.2 Å². The van der Waals surface area contributed by atoms with E-state index in [1.807, 2.05) is 9.80 Å². The van der Waals surface area contributed by atoms with E-state index < -0.39 is 11.5 Å². The van der Waals surface area contributed by atoms with Crippen LogP contribution >= 0.6 is 0 Å². The number of aliphatic carboxylic acids is 1. The molecule has 0 bridgehead atoms. The number of nitrogens with zero attached hydrogens (tertiary/aromatic N) is 2. The van der Waals surface area contributed by atoms with Gasteiger partial charge in [0.2, 0.25) is 0 Å². The summed E-state index contributed by atoms with van der Waals surface area (Å²) in [6.45, 7) is 8.05. The van der Waals surface area contributed by atoms with E-state index in [-0.39, 0.29) is 0 Å². The molecule has 6 nitrogen and oxygen atoms in total. The average Bonchev–Trinajstić information content (AvgIpc) is 2.35. The topological polar surface area (TPSA) is 95.8 Å². The standard InChI is InChI=1S/C13H24N4O2/c1-10(14)4-5-11(15)16-6-8-17(9-7-16)13(2,3)12(18)19/h4-5H,6-9,14-15H2,1-3H3,(H,18,19)/b10-4-,11-5+. The van der Waals surface area contributed by atoms with Gasteiger partial charge in [-0.1, -0.05) is 0 Å². The Bertz CT molecular complexity index is 389. The van der Waals surface area contributed by atoms with Crippen molar-refractivity contribution in [2.45, 2.75) is 26.3 Å². The molecule has 0 saturated carbocycles. The number of nitrogens with two attached hydrogens (primary N) is 2. The van der Waals surface area contributed by atoms with Gasteiger partial charge in [0, 0.05) is 31.9 Å². The van der Waals surface area contributed by atoms with Gasteiger partial charge in [-0.05, 0) is 32.9 Å².